The quantitative estimate of drug-likeness (QED) is 0.476. The molecule has 0 radical (unpaired) electrons. The predicted molar refractivity (Wildman–Crippen MR) is 57.2 cm³/mol. The van der Waals surface area contributed by atoms with Crippen molar-refractivity contribution >= 4 is 23.5 Å². The fourth-order valence-corrected chi connectivity index (χ4v) is 1.41. The van der Waals surface area contributed by atoms with E-state index < -0.39 is 17.3 Å². The molecule has 0 rings (SSSR count). The van der Waals surface area contributed by atoms with Crippen LogP contribution in [-0.2, 0) is 9.59 Å². The number of alkyl halides is 1. The molecule has 0 saturated heterocycles. The molecule has 1 atom stereocenters. The lowest BCUT2D eigenvalue weighted by Crippen LogP contribution is -2.12. The van der Waals surface area contributed by atoms with Gasteiger partial charge in [0.05, 0.1) is 0 Å². The molecule has 0 aromatic carbocycles. The first-order valence-electron chi connectivity index (χ1n) is 5.12. The topological polar surface area (TPSA) is 74.6 Å². The molecular formula is C10H17ClO4. The molecule has 0 aromatic heterocycles. The van der Waals surface area contributed by atoms with Crippen LogP contribution in [0, 0.1) is 0 Å². The first kappa shape index (κ1) is 14.2. The summed E-state index contributed by atoms with van der Waals surface area (Å²) in [5, 5.41) is 16.1. The Morgan fingerprint density at radius 3 is 2.07 bits per heavy atom. The van der Waals surface area contributed by atoms with Gasteiger partial charge in [-0.3, -0.25) is 9.59 Å². The van der Waals surface area contributed by atoms with Crippen molar-refractivity contribution in [2.24, 2.45) is 0 Å². The average molecular weight is 237 g/mol. The third kappa shape index (κ3) is 9.53. The van der Waals surface area contributed by atoms with E-state index in [2.05, 4.69) is 0 Å². The van der Waals surface area contributed by atoms with Crippen molar-refractivity contribution in [1.82, 2.24) is 0 Å². The molecule has 2 N–H and O–H groups in total. The van der Waals surface area contributed by atoms with Crippen LogP contribution >= 0.6 is 11.6 Å². The van der Waals surface area contributed by atoms with E-state index in [9.17, 15) is 9.59 Å². The molecule has 0 fully saturated rings. The van der Waals surface area contributed by atoms with E-state index in [-0.39, 0.29) is 6.42 Å². The van der Waals surface area contributed by atoms with Crippen LogP contribution in [0.25, 0.3) is 0 Å². The Labute approximate surface area is 94.2 Å². The van der Waals surface area contributed by atoms with Gasteiger partial charge in [-0.25, -0.2) is 0 Å². The zero-order valence-corrected chi connectivity index (χ0v) is 9.37. The normalized spacial score (nSPS) is 12.3. The number of aliphatic carboxylic acids is 2. The summed E-state index contributed by atoms with van der Waals surface area (Å²) in [7, 11) is 0. The molecular weight excluding hydrogens is 220 g/mol. The summed E-state index contributed by atoms with van der Waals surface area (Å²) in [4.78, 5) is 20.5. The second-order valence-electron chi connectivity index (χ2n) is 3.51. The van der Waals surface area contributed by atoms with Crippen molar-refractivity contribution in [3.05, 3.63) is 0 Å². The lowest BCUT2D eigenvalue weighted by atomic mass is 10.1. The number of rotatable bonds is 9. The maximum atomic E-state index is 10.3. The lowest BCUT2D eigenvalue weighted by Gasteiger charge is -2.03. The van der Waals surface area contributed by atoms with E-state index in [1.165, 1.54) is 0 Å². The molecule has 0 aliphatic heterocycles. The molecule has 0 spiro atoms. The highest BCUT2D eigenvalue weighted by atomic mass is 35.5. The third-order valence-electron chi connectivity index (χ3n) is 2.12. The maximum Gasteiger partial charge on any atom is 0.321 e. The first-order chi connectivity index (χ1) is 7.04. The Morgan fingerprint density at radius 2 is 1.53 bits per heavy atom. The smallest absolute Gasteiger partial charge is 0.321 e. The summed E-state index contributed by atoms with van der Waals surface area (Å²) < 4.78 is 0. The number of carbonyl (C=O) groups is 2. The highest BCUT2D eigenvalue weighted by molar-refractivity contribution is 6.29. The summed E-state index contributed by atoms with van der Waals surface area (Å²) >= 11 is 5.52. The fraction of sp³-hybridized carbons (Fsp3) is 0.800. The van der Waals surface area contributed by atoms with Crippen LogP contribution in [0.15, 0.2) is 0 Å². The number of unbranched alkanes of at least 4 members (excludes halogenated alkanes) is 4. The Morgan fingerprint density at radius 1 is 1.00 bits per heavy atom. The second kappa shape index (κ2) is 8.53. The zero-order chi connectivity index (χ0) is 11.7. The lowest BCUT2D eigenvalue weighted by molar-refractivity contribution is -0.138. The molecule has 0 aromatic rings. The van der Waals surface area contributed by atoms with Gasteiger partial charge in [-0.2, -0.15) is 0 Å². The van der Waals surface area contributed by atoms with E-state index in [1.54, 1.807) is 0 Å². The highest BCUT2D eigenvalue weighted by Gasteiger charge is 2.11. The summed E-state index contributed by atoms with van der Waals surface area (Å²) in [5.74, 6) is -1.73. The number of hydrogen-bond acceptors (Lipinski definition) is 2. The van der Waals surface area contributed by atoms with Crippen molar-refractivity contribution in [1.29, 1.82) is 0 Å². The van der Waals surface area contributed by atoms with Gasteiger partial charge in [-0.1, -0.05) is 25.7 Å². The van der Waals surface area contributed by atoms with Crippen molar-refractivity contribution < 1.29 is 19.8 Å². The van der Waals surface area contributed by atoms with Gasteiger partial charge in [0.2, 0.25) is 0 Å². The minimum Gasteiger partial charge on any atom is -0.481 e. The Balaban J connectivity index is 3.18. The molecule has 1 unspecified atom stereocenters. The highest BCUT2D eigenvalue weighted by Crippen LogP contribution is 2.11. The van der Waals surface area contributed by atoms with Crippen LogP contribution in [0.2, 0.25) is 0 Å². The molecule has 4 nitrogen and oxygen atoms in total. The molecule has 5 heteroatoms. The van der Waals surface area contributed by atoms with Gasteiger partial charge >= 0.3 is 11.9 Å². The largest absolute Gasteiger partial charge is 0.481 e. The average Bonchev–Trinajstić information content (AvgIpc) is 2.15. The predicted octanol–water partition coefficient (Wildman–Crippen LogP) is 2.49. The molecule has 0 saturated carbocycles. The number of carboxylic acids is 2. The first-order valence-corrected chi connectivity index (χ1v) is 5.56. The van der Waals surface area contributed by atoms with Gasteiger partial charge in [0, 0.05) is 6.42 Å². The van der Waals surface area contributed by atoms with Crippen molar-refractivity contribution in [2.75, 3.05) is 0 Å². The molecule has 88 valence electrons. The fourth-order valence-electron chi connectivity index (χ4n) is 1.25. The van der Waals surface area contributed by atoms with E-state index in [0.717, 1.165) is 25.7 Å². The molecule has 15 heavy (non-hydrogen) atoms. The van der Waals surface area contributed by atoms with Gasteiger partial charge in [0.1, 0.15) is 5.38 Å². The molecule has 0 aliphatic rings. The van der Waals surface area contributed by atoms with Gasteiger partial charge in [0.25, 0.3) is 0 Å². The summed E-state index contributed by atoms with van der Waals surface area (Å²) in [6, 6.07) is 0. The van der Waals surface area contributed by atoms with Gasteiger partial charge in [-0.05, 0) is 12.8 Å². The van der Waals surface area contributed by atoms with Gasteiger partial charge in [-0.15, -0.1) is 11.6 Å². The summed E-state index contributed by atoms with van der Waals surface area (Å²) in [6.07, 6.45) is 4.91. The molecule has 0 heterocycles. The van der Waals surface area contributed by atoms with Crippen molar-refractivity contribution in [2.45, 2.75) is 50.3 Å². The number of halogens is 1. The second-order valence-corrected chi connectivity index (χ2v) is 4.03. The Hall–Kier alpha value is -0.770. The van der Waals surface area contributed by atoms with Crippen LogP contribution in [0.4, 0.5) is 0 Å². The summed E-state index contributed by atoms with van der Waals surface area (Å²) in [5.41, 5.74) is 0. The van der Waals surface area contributed by atoms with Crippen molar-refractivity contribution in [3.8, 4) is 0 Å². The monoisotopic (exact) mass is 236 g/mol. The van der Waals surface area contributed by atoms with Crippen LogP contribution in [-0.4, -0.2) is 27.5 Å². The minimum absolute atomic E-state index is 0.216. The summed E-state index contributed by atoms with van der Waals surface area (Å²) in [6.45, 7) is 0. The minimum atomic E-state index is -0.970. The van der Waals surface area contributed by atoms with Gasteiger partial charge < -0.3 is 10.2 Å². The van der Waals surface area contributed by atoms with Crippen LogP contribution in [0.5, 0.6) is 0 Å². The zero-order valence-electron chi connectivity index (χ0n) is 8.62. The van der Waals surface area contributed by atoms with E-state index >= 15 is 0 Å². The number of hydrogen-bond donors (Lipinski definition) is 2. The Kier molecular flexibility index (Phi) is 8.09. The molecule has 0 aliphatic carbocycles. The Bertz CT molecular complexity index is 206. The van der Waals surface area contributed by atoms with E-state index in [1.807, 2.05) is 0 Å². The van der Waals surface area contributed by atoms with E-state index in [4.69, 9.17) is 21.8 Å². The molecule has 0 amide bonds. The van der Waals surface area contributed by atoms with Crippen LogP contribution in [0.1, 0.15) is 44.9 Å². The van der Waals surface area contributed by atoms with Gasteiger partial charge in [0.15, 0.2) is 0 Å². The van der Waals surface area contributed by atoms with E-state index in [0.29, 0.717) is 12.8 Å². The number of carboxylic acid groups (broad SMARTS) is 2. The molecule has 0 bridgehead atoms. The van der Waals surface area contributed by atoms with Crippen molar-refractivity contribution in [3.63, 3.8) is 0 Å². The third-order valence-corrected chi connectivity index (χ3v) is 2.52. The standard InChI is InChI=1S/C10H17ClO4/c11-8(10(14)15)6-4-2-1-3-5-7-9(12)13/h8H,1-7H2,(H,12,13)(H,14,15). The van der Waals surface area contributed by atoms with Crippen LogP contribution in [0.3, 0.4) is 0 Å². The maximum absolute atomic E-state index is 10.3. The van der Waals surface area contributed by atoms with Crippen LogP contribution < -0.4 is 0 Å². The SMILES string of the molecule is O=C(O)CCCCCCCC(Cl)C(=O)O.